The van der Waals surface area contributed by atoms with E-state index in [4.69, 9.17) is 4.74 Å². The lowest BCUT2D eigenvalue weighted by Gasteiger charge is -2.27. The number of aromatic nitrogens is 2. The normalized spacial score (nSPS) is 17.6. The first-order valence-electron chi connectivity index (χ1n) is 11.0. The fraction of sp³-hybridized carbons (Fsp3) is 0.269. The van der Waals surface area contributed by atoms with Gasteiger partial charge in [0.15, 0.2) is 0 Å². The van der Waals surface area contributed by atoms with Crippen molar-refractivity contribution in [2.45, 2.75) is 13.0 Å². The smallest absolute Gasteiger partial charge is 0.295 e. The Morgan fingerprint density at radius 3 is 2.44 bits per heavy atom. The van der Waals surface area contributed by atoms with Crippen molar-refractivity contribution in [1.29, 1.82) is 0 Å². The summed E-state index contributed by atoms with van der Waals surface area (Å²) in [6.07, 6.45) is 1.52. The van der Waals surface area contributed by atoms with E-state index in [9.17, 15) is 14.7 Å². The molecule has 0 spiro atoms. The Kier molecular flexibility index (Phi) is 6.51. The van der Waals surface area contributed by atoms with Crippen LogP contribution in [0.3, 0.4) is 0 Å². The molecule has 1 aromatic heterocycles. The minimum absolute atomic E-state index is 0.0315. The van der Waals surface area contributed by atoms with Crippen LogP contribution in [-0.2, 0) is 9.59 Å². The number of ketones is 1. The van der Waals surface area contributed by atoms with Crippen LogP contribution in [0.5, 0.6) is 5.75 Å². The summed E-state index contributed by atoms with van der Waals surface area (Å²) in [7, 11) is 5.34. The van der Waals surface area contributed by atoms with Gasteiger partial charge in [0.25, 0.3) is 11.7 Å². The number of amides is 1. The van der Waals surface area contributed by atoms with E-state index < -0.39 is 17.7 Å². The van der Waals surface area contributed by atoms with Crippen molar-refractivity contribution in [2.24, 2.45) is 0 Å². The average molecular weight is 461 g/mol. The number of benzene rings is 2. The second kappa shape index (κ2) is 9.52. The zero-order valence-electron chi connectivity index (χ0n) is 19.7. The molecule has 4 rings (SSSR count). The first-order valence-corrected chi connectivity index (χ1v) is 11.0. The van der Waals surface area contributed by atoms with E-state index in [1.54, 1.807) is 17.9 Å². The number of carbonyl (C=O) groups excluding carboxylic acids is 2. The standard InChI is InChI=1S/C26H28N4O4/c1-17-20(16-27-30(17)18-10-6-5-7-11-18)24(31)22-23(19-12-8-9-13-21(19)34-4)29(15-14-28(2)3)26(33)25(22)32/h5-13,16,23,31H,14-15H2,1-4H3/b24-22-. The van der Waals surface area contributed by atoms with Crippen LogP contribution in [0.25, 0.3) is 11.4 Å². The Balaban J connectivity index is 1.88. The zero-order valence-corrected chi connectivity index (χ0v) is 19.7. The molecule has 0 aliphatic carbocycles. The predicted octanol–water partition coefficient (Wildman–Crippen LogP) is 3.17. The number of hydrogen-bond donors (Lipinski definition) is 1. The van der Waals surface area contributed by atoms with Gasteiger partial charge in [-0.25, -0.2) is 4.68 Å². The Hall–Kier alpha value is -3.91. The predicted molar refractivity (Wildman–Crippen MR) is 129 cm³/mol. The molecule has 1 aliphatic rings. The number of aliphatic hydroxyl groups is 1. The molecule has 0 radical (unpaired) electrons. The summed E-state index contributed by atoms with van der Waals surface area (Å²) in [6.45, 7) is 2.69. The van der Waals surface area contributed by atoms with Crippen LogP contribution in [0.1, 0.15) is 22.9 Å². The monoisotopic (exact) mass is 460 g/mol. The molecule has 3 aromatic rings. The third-order valence-corrected chi connectivity index (χ3v) is 6.03. The quantitative estimate of drug-likeness (QED) is 0.331. The van der Waals surface area contributed by atoms with Crippen LogP contribution in [0.4, 0.5) is 0 Å². The number of Topliss-reactive ketones (excluding diaryl/α,β-unsaturated/α-hetero) is 1. The Morgan fingerprint density at radius 2 is 1.76 bits per heavy atom. The molecule has 1 fully saturated rings. The van der Waals surface area contributed by atoms with Crippen LogP contribution >= 0.6 is 0 Å². The maximum absolute atomic E-state index is 13.3. The summed E-state index contributed by atoms with van der Waals surface area (Å²) in [4.78, 5) is 29.8. The lowest BCUT2D eigenvalue weighted by Crippen LogP contribution is -2.35. The van der Waals surface area contributed by atoms with E-state index in [0.717, 1.165) is 5.69 Å². The molecule has 2 heterocycles. The van der Waals surface area contributed by atoms with Crippen molar-refractivity contribution >= 4 is 17.4 Å². The summed E-state index contributed by atoms with van der Waals surface area (Å²) in [5.74, 6) is -1.08. The lowest BCUT2D eigenvalue weighted by molar-refractivity contribution is -0.140. The summed E-state index contributed by atoms with van der Waals surface area (Å²) >= 11 is 0. The summed E-state index contributed by atoms with van der Waals surface area (Å²) < 4.78 is 7.23. The molecule has 2 aromatic carbocycles. The van der Waals surface area contributed by atoms with Gasteiger partial charge in [-0.3, -0.25) is 9.59 Å². The van der Waals surface area contributed by atoms with E-state index in [0.29, 0.717) is 35.7 Å². The second-order valence-corrected chi connectivity index (χ2v) is 8.43. The van der Waals surface area contributed by atoms with Gasteiger partial charge in [-0.2, -0.15) is 5.10 Å². The zero-order chi connectivity index (χ0) is 24.4. The number of methoxy groups -OCH3 is 1. The minimum atomic E-state index is -0.782. The molecular weight excluding hydrogens is 432 g/mol. The molecule has 1 unspecified atom stereocenters. The number of ether oxygens (including phenoxy) is 1. The third-order valence-electron chi connectivity index (χ3n) is 6.03. The highest BCUT2D eigenvalue weighted by Gasteiger charge is 2.47. The van der Waals surface area contributed by atoms with Gasteiger partial charge in [0.2, 0.25) is 0 Å². The van der Waals surface area contributed by atoms with Crippen LogP contribution in [0, 0.1) is 6.92 Å². The number of rotatable bonds is 7. The second-order valence-electron chi connectivity index (χ2n) is 8.43. The number of carbonyl (C=O) groups is 2. The molecule has 1 N–H and O–H groups in total. The summed E-state index contributed by atoms with van der Waals surface area (Å²) in [5, 5.41) is 15.8. The van der Waals surface area contributed by atoms with Crippen molar-refractivity contribution in [2.75, 3.05) is 34.3 Å². The Labute approximate surface area is 198 Å². The van der Waals surface area contributed by atoms with Crippen LogP contribution in [0.15, 0.2) is 66.4 Å². The highest BCUT2D eigenvalue weighted by Crippen LogP contribution is 2.42. The average Bonchev–Trinajstić information content (AvgIpc) is 3.35. The molecule has 8 heteroatoms. The van der Waals surface area contributed by atoms with E-state index in [-0.39, 0.29) is 11.3 Å². The van der Waals surface area contributed by atoms with E-state index in [1.807, 2.05) is 74.4 Å². The molecule has 0 bridgehead atoms. The van der Waals surface area contributed by atoms with Gasteiger partial charge in [-0.05, 0) is 39.2 Å². The summed E-state index contributed by atoms with van der Waals surface area (Å²) in [6, 6.07) is 16.0. The van der Waals surface area contributed by atoms with Crippen molar-refractivity contribution in [3.63, 3.8) is 0 Å². The summed E-state index contributed by atoms with van der Waals surface area (Å²) in [5.41, 5.74) is 2.55. The number of likely N-dealkylation sites (tertiary alicyclic amines) is 1. The van der Waals surface area contributed by atoms with E-state index in [1.165, 1.54) is 11.1 Å². The maximum atomic E-state index is 13.3. The first-order chi connectivity index (χ1) is 16.3. The molecule has 34 heavy (non-hydrogen) atoms. The van der Waals surface area contributed by atoms with Gasteiger partial charge in [0.05, 0.1) is 41.9 Å². The van der Waals surface area contributed by atoms with Crippen molar-refractivity contribution in [3.8, 4) is 11.4 Å². The van der Waals surface area contributed by atoms with Gasteiger partial charge in [-0.1, -0.05) is 36.4 Å². The number of para-hydroxylation sites is 2. The first kappa shape index (κ1) is 23.3. The van der Waals surface area contributed by atoms with E-state index >= 15 is 0 Å². The van der Waals surface area contributed by atoms with Gasteiger partial charge < -0.3 is 19.6 Å². The molecule has 0 saturated carbocycles. The highest BCUT2D eigenvalue weighted by molar-refractivity contribution is 6.46. The van der Waals surface area contributed by atoms with Gasteiger partial charge >= 0.3 is 0 Å². The molecule has 1 atom stereocenters. The highest BCUT2D eigenvalue weighted by atomic mass is 16.5. The third kappa shape index (κ3) is 4.08. The molecule has 1 amide bonds. The number of hydrogen-bond acceptors (Lipinski definition) is 6. The van der Waals surface area contributed by atoms with E-state index in [2.05, 4.69) is 5.10 Å². The van der Waals surface area contributed by atoms with Gasteiger partial charge in [0, 0.05) is 18.7 Å². The molecule has 176 valence electrons. The largest absolute Gasteiger partial charge is 0.507 e. The van der Waals surface area contributed by atoms with Crippen LogP contribution in [0.2, 0.25) is 0 Å². The lowest BCUT2D eigenvalue weighted by atomic mass is 9.94. The van der Waals surface area contributed by atoms with Crippen molar-refractivity contribution < 1.29 is 19.4 Å². The minimum Gasteiger partial charge on any atom is -0.507 e. The van der Waals surface area contributed by atoms with Crippen LogP contribution in [-0.4, -0.2) is 70.7 Å². The Morgan fingerprint density at radius 1 is 1.09 bits per heavy atom. The number of nitrogens with zero attached hydrogens (tertiary/aromatic N) is 4. The Bertz CT molecular complexity index is 1250. The maximum Gasteiger partial charge on any atom is 0.295 e. The fourth-order valence-corrected chi connectivity index (χ4v) is 4.25. The molecule has 1 aliphatic heterocycles. The van der Waals surface area contributed by atoms with Crippen molar-refractivity contribution in [3.05, 3.63) is 83.2 Å². The SMILES string of the molecule is COc1ccccc1C1/C(=C(/O)c2cnn(-c3ccccc3)c2C)C(=O)C(=O)N1CCN(C)C. The van der Waals surface area contributed by atoms with Crippen LogP contribution < -0.4 is 4.74 Å². The number of aliphatic hydroxyl groups excluding tert-OH is 1. The number of likely N-dealkylation sites (N-methyl/N-ethyl adjacent to an activating group) is 1. The molecular formula is C26H28N4O4. The molecule has 8 nitrogen and oxygen atoms in total. The topological polar surface area (TPSA) is 87.9 Å². The van der Waals surface area contributed by atoms with Crippen molar-refractivity contribution in [1.82, 2.24) is 19.6 Å². The van der Waals surface area contributed by atoms with Gasteiger partial charge in [0.1, 0.15) is 11.5 Å². The fourth-order valence-electron chi connectivity index (χ4n) is 4.25. The van der Waals surface area contributed by atoms with Gasteiger partial charge in [-0.15, -0.1) is 0 Å². The molecule has 1 saturated heterocycles.